The molecule has 1 aromatic carbocycles. The lowest BCUT2D eigenvalue weighted by atomic mass is 10.1. The molecule has 0 unspecified atom stereocenters. The van der Waals surface area contributed by atoms with Gasteiger partial charge in [-0.15, -0.1) is 11.3 Å². The zero-order chi connectivity index (χ0) is 21.7. The third-order valence-electron chi connectivity index (χ3n) is 5.11. The fraction of sp³-hybridized carbons (Fsp3) is 0.478. The van der Waals surface area contributed by atoms with Crippen LogP contribution in [0.25, 0.3) is 0 Å². The normalized spacial score (nSPS) is 14.4. The fourth-order valence-electron chi connectivity index (χ4n) is 3.52. The van der Waals surface area contributed by atoms with E-state index in [0.29, 0.717) is 27.9 Å². The van der Waals surface area contributed by atoms with E-state index in [2.05, 4.69) is 5.32 Å². The van der Waals surface area contributed by atoms with Crippen LogP contribution in [-0.2, 0) is 22.4 Å². The van der Waals surface area contributed by atoms with Gasteiger partial charge in [-0.3, -0.25) is 4.79 Å². The summed E-state index contributed by atoms with van der Waals surface area (Å²) in [6.45, 7) is 5.90. The molecular weight excluding hydrogens is 422 g/mol. The second kappa shape index (κ2) is 10.3. The van der Waals surface area contributed by atoms with Crippen LogP contribution >= 0.6 is 22.9 Å². The number of anilines is 1. The molecule has 1 aliphatic carbocycles. The van der Waals surface area contributed by atoms with Crippen LogP contribution in [-0.4, -0.2) is 24.6 Å². The van der Waals surface area contributed by atoms with Gasteiger partial charge < -0.3 is 14.8 Å². The summed E-state index contributed by atoms with van der Waals surface area (Å²) in [5.74, 6) is -0.0504. The molecule has 1 N–H and O–H groups in total. The van der Waals surface area contributed by atoms with Crippen molar-refractivity contribution in [3.05, 3.63) is 44.8 Å². The van der Waals surface area contributed by atoms with E-state index in [4.69, 9.17) is 21.1 Å². The minimum Gasteiger partial charge on any atom is -0.481 e. The number of hydrogen-bond donors (Lipinski definition) is 1. The summed E-state index contributed by atoms with van der Waals surface area (Å²) in [4.78, 5) is 26.8. The number of nitrogens with one attached hydrogen (secondary N) is 1. The number of rotatable bonds is 7. The number of aryl methyl sites for hydroxylation is 2. The van der Waals surface area contributed by atoms with Gasteiger partial charge in [-0.05, 0) is 75.3 Å². The maximum absolute atomic E-state index is 12.9. The van der Waals surface area contributed by atoms with Gasteiger partial charge in [0.1, 0.15) is 10.8 Å². The summed E-state index contributed by atoms with van der Waals surface area (Å²) in [6, 6.07) is 5.27. The van der Waals surface area contributed by atoms with Crippen molar-refractivity contribution in [3.8, 4) is 5.75 Å². The van der Waals surface area contributed by atoms with Gasteiger partial charge in [0.15, 0.2) is 6.10 Å². The third kappa shape index (κ3) is 5.35. The molecule has 2 aromatic rings. The quantitative estimate of drug-likeness (QED) is 0.419. The Kier molecular flexibility index (Phi) is 7.78. The van der Waals surface area contributed by atoms with Crippen molar-refractivity contribution in [2.75, 3.05) is 11.9 Å². The molecule has 162 valence electrons. The van der Waals surface area contributed by atoms with Gasteiger partial charge in [0, 0.05) is 9.90 Å². The Labute approximate surface area is 186 Å². The molecule has 0 aliphatic heterocycles. The summed E-state index contributed by atoms with van der Waals surface area (Å²) in [5, 5.41) is 4.11. The van der Waals surface area contributed by atoms with Crippen LogP contribution in [0.5, 0.6) is 5.75 Å². The van der Waals surface area contributed by atoms with Crippen molar-refractivity contribution in [3.63, 3.8) is 0 Å². The number of esters is 1. The SMILES string of the molecule is CCCOC(=O)c1c(NC(=O)[C@H](C)Oc2ccc(Cl)cc2C)sc2c1CCCCC2. The second-order valence-electron chi connectivity index (χ2n) is 7.56. The minimum absolute atomic E-state index is 0.301. The average molecular weight is 450 g/mol. The molecule has 1 atom stereocenters. The number of thiophene rings is 1. The highest BCUT2D eigenvalue weighted by Crippen LogP contribution is 2.38. The fourth-order valence-corrected chi connectivity index (χ4v) is 5.02. The lowest BCUT2D eigenvalue weighted by Crippen LogP contribution is -2.30. The van der Waals surface area contributed by atoms with Crippen LogP contribution in [0.15, 0.2) is 18.2 Å². The van der Waals surface area contributed by atoms with Gasteiger partial charge in [-0.1, -0.05) is 24.9 Å². The first-order chi connectivity index (χ1) is 14.4. The molecule has 7 heteroatoms. The molecule has 0 saturated carbocycles. The molecule has 1 aliphatic rings. The molecule has 1 amide bonds. The second-order valence-corrected chi connectivity index (χ2v) is 9.11. The van der Waals surface area contributed by atoms with Gasteiger partial charge in [-0.2, -0.15) is 0 Å². The number of ether oxygens (including phenoxy) is 2. The molecule has 1 heterocycles. The highest BCUT2D eigenvalue weighted by molar-refractivity contribution is 7.17. The molecular formula is C23H28ClNO4S. The van der Waals surface area contributed by atoms with Gasteiger partial charge >= 0.3 is 5.97 Å². The number of benzene rings is 1. The van der Waals surface area contributed by atoms with Crippen LogP contribution in [0.1, 0.15) is 65.9 Å². The Morgan fingerprint density at radius 3 is 2.73 bits per heavy atom. The Morgan fingerprint density at radius 2 is 2.00 bits per heavy atom. The highest BCUT2D eigenvalue weighted by atomic mass is 35.5. The van der Waals surface area contributed by atoms with E-state index in [-0.39, 0.29) is 11.9 Å². The minimum atomic E-state index is -0.730. The van der Waals surface area contributed by atoms with Crippen molar-refractivity contribution in [1.82, 2.24) is 0 Å². The standard InChI is InChI=1S/C23H28ClNO4S/c1-4-12-28-23(27)20-17-8-6-5-7-9-19(17)30-22(20)25-21(26)15(3)29-18-11-10-16(24)13-14(18)2/h10-11,13,15H,4-9,12H2,1-3H3,(H,25,26)/t15-/m0/s1. The summed E-state index contributed by atoms with van der Waals surface area (Å²) in [6.07, 6.45) is 5.09. The summed E-state index contributed by atoms with van der Waals surface area (Å²) >= 11 is 7.48. The first-order valence-corrected chi connectivity index (χ1v) is 11.7. The molecule has 0 spiro atoms. The van der Waals surface area contributed by atoms with Gasteiger partial charge in [-0.25, -0.2) is 4.79 Å². The van der Waals surface area contributed by atoms with E-state index < -0.39 is 6.10 Å². The molecule has 0 radical (unpaired) electrons. The molecule has 3 rings (SSSR count). The van der Waals surface area contributed by atoms with Gasteiger partial charge in [0.2, 0.25) is 0 Å². The molecule has 0 bridgehead atoms. The van der Waals surface area contributed by atoms with Crippen molar-refractivity contribution in [1.29, 1.82) is 0 Å². The number of carbonyl (C=O) groups excluding carboxylic acids is 2. The van der Waals surface area contributed by atoms with Crippen LogP contribution in [0.2, 0.25) is 5.02 Å². The number of amides is 1. The predicted octanol–water partition coefficient (Wildman–Crippen LogP) is 5.95. The van der Waals surface area contributed by atoms with Crippen molar-refractivity contribution < 1.29 is 19.1 Å². The van der Waals surface area contributed by atoms with E-state index in [1.165, 1.54) is 16.2 Å². The lowest BCUT2D eigenvalue weighted by molar-refractivity contribution is -0.122. The van der Waals surface area contributed by atoms with Crippen LogP contribution in [0.4, 0.5) is 5.00 Å². The zero-order valence-corrected chi connectivity index (χ0v) is 19.3. The maximum atomic E-state index is 12.9. The number of fused-ring (bicyclic) bond motifs is 1. The first-order valence-electron chi connectivity index (χ1n) is 10.5. The Morgan fingerprint density at radius 1 is 1.23 bits per heavy atom. The summed E-state index contributed by atoms with van der Waals surface area (Å²) < 4.78 is 11.3. The number of hydrogen-bond acceptors (Lipinski definition) is 5. The zero-order valence-electron chi connectivity index (χ0n) is 17.7. The maximum Gasteiger partial charge on any atom is 0.341 e. The van der Waals surface area contributed by atoms with Crippen LogP contribution < -0.4 is 10.1 Å². The monoisotopic (exact) mass is 449 g/mol. The van der Waals surface area contributed by atoms with Gasteiger partial charge in [0.05, 0.1) is 12.2 Å². The Bertz CT molecular complexity index is 924. The largest absolute Gasteiger partial charge is 0.481 e. The van der Waals surface area contributed by atoms with E-state index in [0.717, 1.165) is 49.7 Å². The molecule has 5 nitrogen and oxygen atoms in total. The lowest BCUT2D eigenvalue weighted by Gasteiger charge is -2.16. The number of carbonyl (C=O) groups is 2. The van der Waals surface area contributed by atoms with Crippen molar-refractivity contribution in [2.45, 2.75) is 65.4 Å². The van der Waals surface area contributed by atoms with Crippen molar-refractivity contribution >= 4 is 39.8 Å². The van der Waals surface area contributed by atoms with Crippen LogP contribution in [0.3, 0.4) is 0 Å². The highest BCUT2D eigenvalue weighted by Gasteiger charge is 2.28. The Hall–Kier alpha value is -2.05. The molecule has 30 heavy (non-hydrogen) atoms. The van der Waals surface area contributed by atoms with E-state index in [1.54, 1.807) is 25.1 Å². The summed E-state index contributed by atoms with van der Waals surface area (Å²) in [7, 11) is 0. The Balaban J connectivity index is 1.80. The number of halogens is 1. The average Bonchev–Trinajstić information content (AvgIpc) is 2.88. The topological polar surface area (TPSA) is 64.6 Å². The summed E-state index contributed by atoms with van der Waals surface area (Å²) in [5.41, 5.74) is 2.42. The third-order valence-corrected chi connectivity index (χ3v) is 6.55. The van der Waals surface area contributed by atoms with E-state index >= 15 is 0 Å². The van der Waals surface area contributed by atoms with Gasteiger partial charge in [0.25, 0.3) is 5.91 Å². The smallest absolute Gasteiger partial charge is 0.341 e. The molecule has 0 saturated heterocycles. The molecule has 1 aromatic heterocycles. The van der Waals surface area contributed by atoms with Crippen molar-refractivity contribution in [2.24, 2.45) is 0 Å². The first kappa shape index (κ1) is 22.6. The van der Waals surface area contributed by atoms with E-state index in [9.17, 15) is 9.59 Å². The van der Waals surface area contributed by atoms with Crippen LogP contribution in [0, 0.1) is 6.92 Å². The molecule has 0 fully saturated rings. The van der Waals surface area contributed by atoms with E-state index in [1.807, 2.05) is 13.8 Å². The predicted molar refractivity (Wildman–Crippen MR) is 121 cm³/mol.